The van der Waals surface area contributed by atoms with Crippen molar-refractivity contribution >= 4 is 35.7 Å². The van der Waals surface area contributed by atoms with Crippen molar-refractivity contribution in [2.24, 2.45) is 0 Å². The van der Waals surface area contributed by atoms with Crippen LogP contribution in [0.15, 0.2) is 28.7 Å². The molecule has 107 valence electrons. The van der Waals surface area contributed by atoms with Crippen LogP contribution in [0.3, 0.4) is 0 Å². The fourth-order valence-electron chi connectivity index (χ4n) is 2.09. The molecule has 0 amide bonds. The molecule has 0 spiro atoms. The molecule has 0 aromatic heterocycles. The standard InChI is InChI=1S/C16H20BrO2Si/c1-16(2,3)11-6-7-12-10(8-11)9-13(19-20(4)5)15(18)14(12)17/h6-9,18H,1-5H3. The van der Waals surface area contributed by atoms with E-state index in [0.29, 0.717) is 10.2 Å². The van der Waals surface area contributed by atoms with E-state index in [1.807, 2.05) is 25.2 Å². The maximum Gasteiger partial charge on any atom is 0.274 e. The van der Waals surface area contributed by atoms with Crippen LogP contribution in [0.25, 0.3) is 10.8 Å². The second kappa shape index (κ2) is 5.41. The summed E-state index contributed by atoms with van der Waals surface area (Å²) in [6.45, 7) is 10.7. The van der Waals surface area contributed by atoms with E-state index >= 15 is 0 Å². The van der Waals surface area contributed by atoms with Gasteiger partial charge in [-0.1, -0.05) is 39.0 Å². The van der Waals surface area contributed by atoms with Crippen molar-refractivity contribution in [1.82, 2.24) is 0 Å². The zero-order valence-corrected chi connectivity index (χ0v) is 15.1. The van der Waals surface area contributed by atoms with E-state index in [0.717, 1.165) is 10.8 Å². The van der Waals surface area contributed by atoms with Gasteiger partial charge in [-0.25, -0.2) is 0 Å². The van der Waals surface area contributed by atoms with E-state index in [4.69, 9.17) is 4.43 Å². The Bertz CT molecular complexity index is 645. The van der Waals surface area contributed by atoms with Gasteiger partial charge >= 0.3 is 0 Å². The summed E-state index contributed by atoms with van der Waals surface area (Å²) in [4.78, 5) is 0. The van der Waals surface area contributed by atoms with E-state index in [-0.39, 0.29) is 11.2 Å². The minimum absolute atomic E-state index is 0.101. The summed E-state index contributed by atoms with van der Waals surface area (Å²) >= 11 is 3.48. The van der Waals surface area contributed by atoms with Crippen molar-refractivity contribution < 1.29 is 9.53 Å². The van der Waals surface area contributed by atoms with E-state index in [1.165, 1.54) is 5.56 Å². The molecule has 1 radical (unpaired) electrons. The lowest BCUT2D eigenvalue weighted by atomic mass is 9.86. The van der Waals surface area contributed by atoms with E-state index in [1.54, 1.807) is 0 Å². The van der Waals surface area contributed by atoms with Crippen LogP contribution in [0.4, 0.5) is 0 Å². The van der Waals surface area contributed by atoms with Gasteiger partial charge in [0.1, 0.15) is 5.75 Å². The second-order valence-electron chi connectivity index (χ2n) is 6.23. The molecule has 0 aliphatic rings. The molecule has 2 aromatic rings. The van der Waals surface area contributed by atoms with Crippen LogP contribution in [0.1, 0.15) is 26.3 Å². The molecule has 0 saturated heterocycles. The number of rotatable bonds is 2. The largest absolute Gasteiger partial charge is 0.540 e. The zero-order valence-electron chi connectivity index (χ0n) is 12.5. The maximum absolute atomic E-state index is 10.2. The number of phenols is 1. The lowest BCUT2D eigenvalue weighted by Gasteiger charge is -2.20. The highest BCUT2D eigenvalue weighted by Crippen LogP contribution is 2.41. The van der Waals surface area contributed by atoms with E-state index in [2.05, 4.69) is 48.8 Å². The van der Waals surface area contributed by atoms with Crippen molar-refractivity contribution in [2.45, 2.75) is 39.3 Å². The van der Waals surface area contributed by atoms with Crippen molar-refractivity contribution in [2.75, 3.05) is 0 Å². The van der Waals surface area contributed by atoms with Gasteiger partial charge in [0.25, 0.3) is 9.04 Å². The molecule has 0 saturated carbocycles. The Labute approximate surface area is 130 Å². The molecule has 4 heteroatoms. The van der Waals surface area contributed by atoms with Crippen molar-refractivity contribution in [3.8, 4) is 11.5 Å². The lowest BCUT2D eigenvalue weighted by molar-refractivity contribution is 0.439. The summed E-state index contributed by atoms with van der Waals surface area (Å²) in [5.74, 6) is 0.751. The molecule has 0 heterocycles. The number of benzene rings is 2. The summed E-state index contributed by atoms with van der Waals surface area (Å²) in [5, 5.41) is 12.3. The Kier molecular flexibility index (Phi) is 4.16. The van der Waals surface area contributed by atoms with Crippen LogP contribution >= 0.6 is 15.9 Å². The Morgan fingerprint density at radius 2 is 1.80 bits per heavy atom. The Morgan fingerprint density at radius 3 is 2.35 bits per heavy atom. The first-order valence-electron chi connectivity index (χ1n) is 6.64. The SMILES string of the molecule is C[Si](C)Oc1cc2cc(C(C)(C)C)ccc2c(Br)c1O. The molecule has 0 unspecified atom stereocenters. The van der Waals surface area contributed by atoms with Crippen LogP contribution in [-0.4, -0.2) is 14.1 Å². The second-order valence-corrected chi connectivity index (χ2v) is 9.05. The van der Waals surface area contributed by atoms with Crippen LogP contribution in [0, 0.1) is 0 Å². The molecule has 2 nitrogen and oxygen atoms in total. The molecule has 0 aliphatic carbocycles. The number of hydrogen-bond donors (Lipinski definition) is 1. The summed E-state index contributed by atoms with van der Waals surface area (Å²) in [6, 6.07) is 8.27. The monoisotopic (exact) mass is 351 g/mol. The number of phenolic OH excluding ortho intramolecular Hbond substituents is 1. The molecular formula is C16H20BrO2Si. The molecule has 2 rings (SSSR count). The van der Waals surface area contributed by atoms with Crippen LogP contribution < -0.4 is 4.43 Å². The number of hydrogen-bond acceptors (Lipinski definition) is 2. The average Bonchev–Trinajstić information content (AvgIpc) is 2.33. The highest BCUT2D eigenvalue weighted by atomic mass is 79.9. The first-order chi connectivity index (χ1) is 9.20. The Morgan fingerprint density at radius 1 is 1.15 bits per heavy atom. The number of halogens is 1. The minimum atomic E-state index is -0.912. The summed E-state index contributed by atoms with van der Waals surface area (Å²) in [5.41, 5.74) is 1.37. The molecule has 0 bridgehead atoms. The van der Waals surface area contributed by atoms with E-state index in [9.17, 15) is 5.11 Å². The fourth-order valence-corrected chi connectivity index (χ4v) is 3.24. The molecule has 0 aliphatic heterocycles. The summed E-state index contributed by atoms with van der Waals surface area (Å²) < 4.78 is 6.48. The van der Waals surface area contributed by atoms with Crippen LogP contribution in [-0.2, 0) is 5.41 Å². The molecule has 2 aromatic carbocycles. The molecule has 20 heavy (non-hydrogen) atoms. The van der Waals surface area contributed by atoms with Gasteiger partial charge in [0.05, 0.1) is 4.47 Å². The normalized spacial score (nSPS) is 12.2. The third-order valence-electron chi connectivity index (χ3n) is 3.20. The third-order valence-corrected chi connectivity index (χ3v) is 4.63. The quantitative estimate of drug-likeness (QED) is 0.750. The van der Waals surface area contributed by atoms with Gasteiger partial charge in [-0.15, -0.1) is 0 Å². The van der Waals surface area contributed by atoms with Crippen molar-refractivity contribution in [3.63, 3.8) is 0 Å². The topological polar surface area (TPSA) is 29.5 Å². The van der Waals surface area contributed by atoms with Gasteiger partial charge in [0, 0.05) is 0 Å². The Balaban J connectivity index is 2.66. The average molecular weight is 352 g/mol. The van der Waals surface area contributed by atoms with Gasteiger partial charge in [0.2, 0.25) is 0 Å². The van der Waals surface area contributed by atoms with Gasteiger partial charge in [0.15, 0.2) is 5.75 Å². The van der Waals surface area contributed by atoms with Crippen molar-refractivity contribution in [1.29, 1.82) is 0 Å². The zero-order chi connectivity index (χ0) is 15.1. The lowest BCUT2D eigenvalue weighted by Crippen LogP contribution is -2.12. The summed E-state index contributed by atoms with van der Waals surface area (Å²) in [7, 11) is -0.912. The van der Waals surface area contributed by atoms with Crippen molar-refractivity contribution in [3.05, 3.63) is 34.3 Å². The highest BCUT2D eigenvalue weighted by Gasteiger charge is 2.17. The first-order valence-corrected chi connectivity index (χ1v) is 9.84. The predicted molar refractivity (Wildman–Crippen MR) is 90.1 cm³/mol. The molecular weight excluding hydrogens is 332 g/mol. The minimum Gasteiger partial charge on any atom is -0.540 e. The van der Waals surface area contributed by atoms with Gasteiger partial charge in [-0.05, 0) is 56.8 Å². The highest BCUT2D eigenvalue weighted by molar-refractivity contribution is 9.10. The van der Waals surface area contributed by atoms with Crippen LogP contribution in [0.2, 0.25) is 13.1 Å². The smallest absolute Gasteiger partial charge is 0.274 e. The van der Waals surface area contributed by atoms with Gasteiger partial charge < -0.3 is 9.53 Å². The van der Waals surface area contributed by atoms with E-state index < -0.39 is 9.04 Å². The van der Waals surface area contributed by atoms with Gasteiger partial charge in [-0.3, -0.25) is 0 Å². The van der Waals surface area contributed by atoms with Crippen LogP contribution in [0.5, 0.6) is 11.5 Å². The molecule has 0 atom stereocenters. The summed E-state index contributed by atoms with van der Waals surface area (Å²) in [6.07, 6.45) is 0. The molecule has 1 N–H and O–H groups in total. The molecule has 0 fully saturated rings. The number of aromatic hydroxyl groups is 1. The Hall–Kier alpha value is -1.00. The maximum atomic E-state index is 10.2. The first kappa shape index (κ1) is 15.4. The third kappa shape index (κ3) is 3.01. The number of fused-ring (bicyclic) bond motifs is 1. The fraction of sp³-hybridized carbons (Fsp3) is 0.375. The predicted octanol–water partition coefficient (Wildman–Crippen LogP) is 5.24. The van der Waals surface area contributed by atoms with Gasteiger partial charge in [-0.2, -0.15) is 0 Å².